The number of carbonyl (C=O) groups excluding carboxylic acids is 2. The summed E-state index contributed by atoms with van der Waals surface area (Å²) in [7, 11) is 3.20. The van der Waals surface area contributed by atoms with E-state index in [-0.39, 0.29) is 17.6 Å². The number of esters is 1. The second-order valence-electron chi connectivity index (χ2n) is 9.57. The third-order valence-corrected chi connectivity index (χ3v) is 6.52. The summed E-state index contributed by atoms with van der Waals surface area (Å²) in [5.74, 6) is 1.70. The summed E-state index contributed by atoms with van der Waals surface area (Å²) in [6, 6.07) is 9.45. The standard InChI is InChI=1S/C28H33NO6/c1-15(2)14-34-28(31)25-17(4)29-20-11-19(18-8-10-22(32-5)24(13-18)33-6)12-21(30)26(20)27(25)23-9-7-16(3)35-23/h7-10,13,15,19,27,29H,11-12,14H2,1-6H3/t19-,27+/m0/s1. The number of hydrogen-bond acceptors (Lipinski definition) is 7. The molecule has 0 spiro atoms. The van der Waals surface area contributed by atoms with Gasteiger partial charge in [0.15, 0.2) is 17.3 Å². The van der Waals surface area contributed by atoms with Crippen molar-refractivity contribution in [1.82, 2.24) is 5.32 Å². The topological polar surface area (TPSA) is 87.0 Å². The van der Waals surface area contributed by atoms with E-state index in [1.165, 1.54) is 0 Å². The lowest BCUT2D eigenvalue weighted by molar-refractivity contribution is -0.140. The van der Waals surface area contributed by atoms with Gasteiger partial charge >= 0.3 is 5.97 Å². The number of carbonyl (C=O) groups is 2. The molecule has 4 rings (SSSR count). The summed E-state index contributed by atoms with van der Waals surface area (Å²) in [4.78, 5) is 26.8. The van der Waals surface area contributed by atoms with Gasteiger partial charge in [-0.2, -0.15) is 0 Å². The van der Waals surface area contributed by atoms with Crippen LogP contribution in [0.2, 0.25) is 0 Å². The Morgan fingerprint density at radius 1 is 1.09 bits per heavy atom. The van der Waals surface area contributed by atoms with Crippen LogP contribution in [0.5, 0.6) is 11.5 Å². The molecule has 186 valence electrons. The maximum atomic E-state index is 13.7. The first kappa shape index (κ1) is 24.6. The van der Waals surface area contributed by atoms with Crippen LogP contribution in [0.3, 0.4) is 0 Å². The number of Topliss-reactive ketones (excluding diaryl/α,β-unsaturated/α-hetero) is 1. The van der Waals surface area contributed by atoms with Crippen LogP contribution in [0.15, 0.2) is 57.3 Å². The Bertz CT molecular complexity index is 1200. The van der Waals surface area contributed by atoms with Gasteiger partial charge in [-0.1, -0.05) is 19.9 Å². The zero-order chi connectivity index (χ0) is 25.3. The maximum absolute atomic E-state index is 13.7. The molecule has 0 fully saturated rings. The van der Waals surface area contributed by atoms with Gasteiger partial charge in [0.25, 0.3) is 0 Å². The zero-order valence-corrected chi connectivity index (χ0v) is 21.2. The fourth-order valence-electron chi connectivity index (χ4n) is 4.87. The van der Waals surface area contributed by atoms with Crippen molar-refractivity contribution >= 4 is 11.8 Å². The van der Waals surface area contributed by atoms with Crippen LogP contribution in [0.25, 0.3) is 0 Å². The Hall–Kier alpha value is -3.48. The van der Waals surface area contributed by atoms with Crippen LogP contribution in [0, 0.1) is 12.8 Å². The van der Waals surface area contributed by atoms with Gasteiger partial charge in [-0.05, 0) is 61.9 Å². The van der Waals surface area contributed by atoms with Gasteiger partial charge in [-0.3, -0.25) is 4.79 Å². The molecule has 1 aromatic heterocycles. The minimum Gasteiger partial charge on any atom is -0.493 e. The second-order valence-corrected chi connectivity index (χ2v) is 9.57. The molecule has 1 aliphatic heterocycles. The van der Waals surface area contributed by atoms with Gasteiger partial charge in [0.2, 0.25) is 0 Å². The van der Waals surface area contributed by atoms with E-state index in [0.29, 0.717) is 53.6 Å². The largest absolute Gasteiger partial charge is 0.493 e. The first-order valence-electron chi connectivity index (χ1n) is 11.9. The average molecular weight is 480 g/mol. The SMILES string of the molecule is COc1ccc([C@@H]2CC(=O)C3=C(C2)NC(C)=C(C(=O)OCC(C)C)[C@H]3c2ccc(C)o2)cc1OC. The van der Waals surface area contributed by atoms with E-state index in [9.17, 15) is 9.59 Å². The Balaban J connectivity index is 1.72. The number of ether oxygens (including phenoxy) is 3. The van der Waals surface area contributed by atoms with Crippen molar-refractivity contribution in [2.24, 2.45) is 5.92 Å². The number of aryl methyl sites for hydroxylation is 1. The minimum absolute atomic E-state index is 0.0146. The van der Waals surface area contributed by atoms with Crippen LogP contribution >= 0.6 is 0 Å². The Morgan fingerprint density at radius 3 is 2.46 bits per heavy atom. The number of rotatable bonds is 7. The number of ketones is 1. The molecule has 7 heteroatoms. The zero-order valence-electron chi connectivity index (χ0n) is 21.2. The predicted octanol–water partition coefficient (Wildman–Crippen LogP) is 5.17. The third-order valence-electron chi connectivity index (χ3n) is 6.52. The highest BCUT2D eigenvalue weighted by Crippen LogP contribution is 2.46. The molecule has 0 saturated heterocycles. The van der Waals surface area contributed by atoms with Crippen molar-refractivity contribution < 1.29 is 28.2 Å². The molecular formula is C28H33NO6. The molecule has 2 aliphatic rings. The summed E-state index contributed by atoms with van der Waals surface area (Å²) in [6.45, 7) is 7.98. The lowest BCUT2D eigenvalue weighted by atomic mass is 9.73. The first-order valence-corrected chi connectivity index (χ1v) is 11.9. The molecule has 1 aliphatic carbocycles. The molecule has 7 nitrogen and oxygen atoms in total. The number of furan rings is 1. The molecule has 0 radical (unpaired) electrons. The van der Waals surface area contributed by atoms with Crippen molar-refractivity contribution in [3.63, 3.8) is 0 Å². The Labute approximate surface area is 206 Å². The monoisotopic (exact) mass is 479 g/mol. The van der Waals surface area contributed by atoms with Crippen molar-refractivity contribution in [2.75, 3.05) is 20.8 Å². The maximum Gasteiger partial charge on any atom is 0.336 e. The number of benzene rings is 1. The predicted molar refractivity (Wildman–Crippen MR) is 131 cm³/mol. The second kappa shape index (κ2) is 10.0. The van der Waals surface area contributed by atoms with Gasteiger partial charge in [0, 0.05) is 23.4 Å². The lowest BCUT2D eigenvalue weighted by Gasteiger charge is -2.36. The van der Waals surface area contributed by atoms with Gasteiger partial charge in [-0.15, -0.1) is 0 Å². The van der Waals surface area contributed by atoms with Crippen LogP contribution < -0.4 is 14.8 Å². The van der Waals surface area contributed by atoms with Crippen molar-refractivity contribution in [3.05, 3.63) is 70.0 Å². The van der Waals surface area contributed by atoms with Gasteiger partial charge < -0.3 is 23.9 Å². The van der Waals surface area contributed by atoms with E-state index in [2.05, 4.69) is 5.32 Å². The quantitative estimate of drug-likeness (QED) is 0.549. The number of nitrogens with one attached hydrogen (secondary N) is 1. The fraction of sp³-hybridized carbons (Fsp3) is 0.429. The van der Waals surface area contributed by atoms with Gasteiger partial charge in [0.05, 0.1) is 32.3 Å². The van der Waals surface area contributed by atoms with E-state index in [1.807, 2.05) is 58.0 Å². The Kier molecular flexibility index (Phi) is 7.05. The molecule has 2 aromatic rings. The number of dihydropyridines is 1. The summed E-state index contributed by atoms with van der Waals surface area (Å²) < 4.78 is 22.4. The van der Waals surface area contributed by atoms with E-state index >= 15 is 0 Å². The van der Waals surface area contributed by atoms with Gasteiger partial charge in [0.1, 0.15) is 11.5 Å². The summed E-state index contributed by atoms with van der Waals surface area (Å²) >= 11 is 0. The van der Waals surface area contributed by atoms with Crippen LogP contribution in [0.4, 0.5) is 0 Å². The van der Waals surface area contributed by atoms with Crippen LogP contribution in [-0.2, 0) is 14.3 Å². The molecule has 35 heavy (non-hydrogen) atoms. The van der Waals surface area contributed by atoms with E-state index < -0.39 is 11.9 Å². The molecule has 1 aromatic carbocycles. The van der Waals surface area contributed by atoms with Crippen molar-refractivity contribution in [3.8, 4) is 11.5 Å². The van der Waals surface area contributed by atoms with E-state index in [1.54, 1.807) is 14.2 Å². The molecular weight excluding hydrogens is 446 g/mol. The van der Waals surface area contributed by atoms with Crippen LogP contribution in [-0.4, -0.2) is 32.6 Å². The van der Waals surface area contributed by atoms with Crippen molar-refractivity contribution in [2.45, 2.75) is 52.4 Å². The van der Waals surface area contributed by atoms with Crippen molar-refractivity contribution in [1.29, 1.82) is 0 Å². The molecule has 1 N–H and O–H groups in total. The summed E-state index contributed by atoms with van der Waals surface area (Å²) in [5, 5.41) is 3.36. The molecule has 0 saturated carbocycles. The molecule has 2 atom stereocenters. The van der Waals surface area contributed by atoms with E-state index in [4.69, 9.17) is 18.6 Å². The van der Waals surface area contributed by atoms with Gasteiger partial charge in [-0.25, -0.2) is 4.79 Å². The van der Waals surface area contributed by atoms with Crippen LogP contribution in [0.1, 0.15) is 62.5 Å². The summed E-state index contributed by atoms with van der Waals surface area (Å²) in [5.41, 5.74) is 3.50. The fourth-order valence-corrected chi connectivity index (χ4v) is 4.87. The molecule has 0 amide bonds. The highest BCUT2D eigenvalue weighted by Gasteiger charge is 2.43. The number of hydrogen-bond donors (Lipinski definition) is 1. The summed E-state index contributed by atoms with van der Waals surface area (Å²) in [6.07, 6.45) is 0.942. The normalized spacial score (nSPS) is 20.0. The lowest BCUT2D eigenvalue weighted by Crippen LogP contribution is -2.36. The minimum atomic E-state index is -0.599. The molecule has 2 heterocycles. The Morgan fingerprint density at radius 2 is 1.83 bits per heavy atom. The smallest absolute Gasteiger partial charge is 0.336 e. The molecule has 0 bridgehead atoms. The third kappa shape index (κ3) is 4.85. The number of allylic oxidation sites excluding steroid dienone is 3. The number of methoxy groups -OCH3 is 2. The highest BCUT2D eigenvalue weighted by atomic mass is 16.5. The highest BCUT2D eigenvalue weighted by molar-refractivity contribution is 6.04. The molecule has 0 unspecified atom stereocenters. The first-order chi connectivity index (χ1) is 16.7. The average Bonchev–Trinajstić information content (AvgIpc) is 3.26. The van der Waals surface area contributed by atoms with E-state index in [0.717, 1.165) is 17.0 Å².